The van der Waals surface area contributed by atoms with Crippen LogP contribution in [-0.2, 0) is 11.3 Å². The number of esters is 1. The number of carbonyl (C=O) groups excluding carboxylic acids is 1. The summed E-state index contributed by atoms with van der Waals surface area (Å²) in [5.41, 5.74) is 1.24. The van der Waals surface area contributed by atoms with Gasteiger partial charge in [-0.3, -0.25) is 10.1 Å². The molecule has 0 aliphatic rings. The van der Waals surface area contributed by atoms with Gasteiger partial charge in [0.15, 0.2) is 17.3 Å². The van der Waals surface area contributed by atoms with Crippen molar-refractivity contribution in [3.8, 4) is 22.8 Å². The van der Waals surface area contributed by atoms with E-state index in [1.807, 2.05) is 0 Å². The number of hydrogen-bond acceptors (Lipinski definition) is 8. The summed E-state index contributed by atoms with van der Waals surface area (Å²) in [5, 5.41) is 14.5. The molecule has 0 spiro atoms. The van der Waals surface area contributed by atoms with Crippen LogP contribution in [0.15, 0.2) is 53.1 Å². The maximum absolute atomic E-state index is 12.0. The minimum absolute atomic E-state index is 0.104. The summed E-state index contributed by atoms with van der Waals surface area (Å²) in [6.45, 7) is -0.105. The molecule has 3 rings (SSSR count). The second-order valence-electron chi connectivity index (χ2n) is 5.63. The van der Waals surface area contributed by atoms with E-state index in [1.54, 1.807) is 31.4 Å². The van der Waals surface area contributed by atoms with Gasteiger partial charge in [0, 0.05) is 23.8 Å². The third-order valence-electron chi connectivity index (χ3n) is 3.89. The van der Waals surface area contributed by atoms with E-state index >= 15 is 0 Å². The third kappa shape index (κ3) is 4.09. The zero-order valence-corrected chi connectivity index (χ0v) is 15.1. The van der Waals surface area contributed by atoms with Crippen LogP contribution in [0.3, 0.4) is 0 Å². The van der Waals surface area contributed by atoms with Gasteiger partial charge in [0.05, 0.1) is 24.7 Å². The largest absolute Gasteiger partial charge is 0.493 e. The van der Waals surface area contributed by atoms with E-state index < -0.39 is 10.9 Å². The van der Waals surface area contributed by atoms with Gasteiger partial charge >= 0.3 is 5.97 Å². The fourth-order valence-electron chi connectivity index (χ4n) is 2.45. The summed E-state index contributed by atoms with van der Waals surface area (Å²) in [5.74, 6) is 0.985. The SMILES string of the molecule is COc1ccc(-c2cc(COC(=O)c3ccc([N+](=O)[O-])cc3)no2)cc1OC. The van der Waals surface area contributed by atoms with Crippen molar-refractivity contribution >= 4 is 11.7 Å². The Morgan fingerprint density at radius 1 is 1.07 bits per heavy atom. The number of nitrogens with zero attached hydrogens (tertiary/aromatic N) is 2. The minimum atomic E-state index is -0.620. The average molecular weight is 384 g/mol. The molecule has 1 heterocycles. The molecule has 9 heteroatoms. The van der Waals surface area contributed by atoms with Crippen LogP contribution in [-0.4, -0.2) is 30.3 Å². The monoisotopic (exact) mass is 384 g/mol. The van der Waals surface area contributed by atoms with Crippen molar-refractivity contribution in [3.63, 3.8) is 0 Å². The number of methoxy groups -OCH3 is 2. The molecule has 28 heavy (non-hydrogen) atoms. The zero-order chi connectivity index (χ0) is 20.1. The summed E-state index contributed by atoms with van der Waals surface area (Å²) >= 11 is 0. The first-order chi connectivity index (χ1) is 13.5. The Bertz CT molecular complexity index is 996. The van der Waals surface area contributed by atoms with Gasteiger partial charge in [-0.15, -0.1) is 0 Å². The Hall–Kier alpha value is -3.88. The smallest absolute Gasteiger partial charge is 0.338 e. The number of nitro benzene ring substituents is 1. The predicted molar refractivity (Wildman–Crippen MR) is 97.3 cm³/mol. The highest BCUT2D eigenvalue weighted by Crippen LogP contribution is 2.32. The van der Waals surface area contributed by atoms with E-state index in [0.29, 0.717) is 23.0 Å². The van der Waals surface area contributed by atoms with Gasteiger partial charge in [-0.25, -0.2) is 4.79 Å². The molecule has 0 saturated heterocycles. The van der Waals surface area contributed by atoms with Crippen LogP contribution in [0.1, 0.15) is 16.1 Å². The van der Waals surface area contributed by atoms with Crippen LogP contribution in [0.25, 0.3) is 11.3 Å². The Kier molecular flexibility index (Phi) is 5.54. The van der Waals surface area contributed by atoms with E-state index in [0.717, 1.165) is 5.56 Å². The molecule has 0 saturated carbocycles. The number of benzene rings is 2. The topological polar surface area (TPSA) is 114 Å². The van der Waals surface area contributed by atoms with E-state index in [9.17, 15) is 14.9 Å². The molecule has 0 atom stereocenters. The first kappa shape index (κ1) is 18.9. The molecular formula is C19H16N2O7. The second-order valence-corrected chi connectivity index (χ2v) is 5.63. The number of hydrogen-bond donors (Lipinski definition) is 0. The van der Waals surface area contributed by atoms with Gasteiger partial charge in [0.25, 0.3) is 5.69 Å². The number of non-ortho nitro benzene ring substituents is 1. The van der Waals surface area contributed by atoms with Crippen molar-refractivity contribution in [2.45, 2.75) is 6.61 Å². The van der Waals surface area contributed by atoms with Gasteiger partial charge in [-0.1, -0.05) is 5.16 Å². The maximum Gasteiger partial charge on any atom is 0.338 e. The van der Waals surface area contributed by atoms with Crippen LogP contribution in [0.5, 0.6) is 11.5 Å². The number of carbonyl (C=O) groups is 1. The average Bonchev–Trinajstić information content (AvgIpc) is 3.20. The molecule has 0 bridgehead atoms. The van der Waals surface area contributed by atoms with Crippen molar-refractivity contribution in [1.29, 1.82) is 0 Å². The standard InChI is InChI=1S/C19H16N2O7/c1-25-16-8-5-13(9-18(16)26-2)17-10-14(20-28-17)11-27-19(22)12-3-6-15(7-4-12)21(23)24/h3-10H,11H2,1-2H3. The lowest BCUT2D eigenvalue weighted by molar-refractivity contribution is -0.384. The molecule has 9 nitrogen and oxygen atoms in total. The summed E-state index contributed by atoms with van der Waals surface area (Å²) in [7, 11) is 3.08. The number of nitro groups is 1. The molecule has 0 unspecified atom stereocenters. The molecule has 0 radical (unpaired) electrons. The van der Waals surface area contributed by atoms with Crippen molar-refractivity contribution in [1.82, 2.24) is 5.16 Å². The lowest BCUT2D eigenvalue weighted by Crippen LogP contribution is -2.05. The summed E-state index contributed by atoms with van der Waals surface area (Å²) in [6.07, 6.45) is 0. The van der Waals surface area contributed by atoms with E-state index in [4.69, 9.17) is 18.7 Å². The highest BCUT2D eigenvalue weighted by Gasteiger charge is 2.14. The van der Waals surface area contributed by atoms with Crippen molar-refractivity contribution in [2.24, 2.45) is 0 Å². The maximum atomic E-state index is 12.0. The molecule has 0 N–H and O–H groups in total. The zero-order valence-electron chi connectivity index (χ0n) is 15.1. The molecule has 0 aliphatic heterocycles. The first-order valence-electron chi connectivity index (χ1n) is 8.11. The van der Waals surface area contributed by atoms with Crippen molar-refractivity contribution < 1.29 is 28.5 Å². The summed E-state index contributed by atoms with van der Waals surface area (Å²) in [4.78, 5) is 22.2. The molecule has 2 aromatic carbocycles. The lowest BCUT2D eigenvalue weighted by Gasteiger charge is -2.07. The van der Waals surface area contributed by atoms with Crippen LogP contribution in [0.2, 0.25) is 0 Å². The number of rotatable bonds is 7. The molecule has 0 aliphatic carbocycles. The molecular weight excluding hydrogens is 368 g/mol. The fourth-order valence-corrected chi connectivity index (χ4v) is 2.45. The van der Waals surface area contributed by atoms with Crippen LogP contribution >= 0.6 is 0 Å². The quantitative estimate of drug-likeness (QED) is 0.345. The van der Waals surface area contributed by atoms with Gasteiger partial charge in [0.1, 0.15) is 12.3 Å². The molecule has 0 fully saturated rings. The summed E-state index contributed by atoms with van der Waals surface area (Å²) < 4.78 is 20.9. The van der Waals surface area contributed by atoms with E-state index in [2.05, 4.69) is 5.16 Å². The van der Waals surface area contributed by atoms with Crippen molar-refractivity contribution in [3.05, 3.63) is 69.9 Å². The Morgan fingerprint density at radius 2 is 1.79 bits per heavy atom. The second kappa shape index (κ2) is 8.21. The third-order valence-corrected chi connectivity index (χ3v) is 3.89. The Morgan fingerprint density at radius 3 is 2.43 bits per heavy atom. The Labute approximate surface area is 159 Å². The molecule has 3 aromatic rings. The van der Waals surface area contributed by atoms with Gasteiger partial charge in [-0.05, 0) is 30.3 Å². The molecule has 144 valence electrons. The first-order valence-corrected chi connectivity index (χ1v) is 8.11. The molecule has 1 aromatic heterocycles. The van der Waals surface area contributed by atoms with Gasteiger partial charge in [-0.2, -0.15) is 0 Å². The van der Waals surface area contributed by atoms with Gasteiger partial charge < -0.3 is 18.7 Å². The summed E-state index contributed by atoms with van der Waals surface area (Å²) in [6, 6.07) is 12.1. The number of ether oxygens (including phenoxy) is 3. The lowest BCUT2D eigenvalue weighted by atomic mass is 10.1. The van der Waals surface area contributed by atoms with Crippen LogP contribution in [0, 0.1) is 10.1 Å². The Balaban J connectivity index is 1.66. The predicted octanol–water partition coefficient (Wildman–Crippen LogP) is 3.62. The molecule has 0 amide bonds. The highest BCUT2D eigenvalue weighted by atomic mass is 16.6. The highest BCUT2D eigenvalue weighted by molar-refractivity contribution is 5.89. The van der Waals surface area contributed by atoms with E-state index in [1.165, 1.54) is 31.4 Å². The van der Waals surface area contributed by atoms with Gasteiger partial charge in [0.2, 0.25) is 0 Å². The minimum Gasteiger partial charge on any atom is -0.493 e. The number of aromatic nitrogens is 1. The fraction of sp³-hybridized carbons (Fsp3) is 0.158. The van der Waals surface area contributed by atoms with Crippen molar-refractivity contribution in [2.75, 3.05) is 14.2 Å². The van der Waals surface area contributed by atoms with Crippen LogP contribution < -0.4 is 9.47 Å². The van der Waals surface area contributed by atoms with E-state index in [-0.39, 0.29) is 17.9 Å². The van der Waals surface area contributed by atoms with Crippen LogP contribution in [0.4, 0.5) is 5.69 Å². The normalized spacial score (nSPS) is 10.4.